The zero-order valence-corrected chi connectivity index (χ0v) is 20.0. The molecule has 1 N–H and O–H groups in total. The SMILES string of the molecule is COc1ccc(C(NC(=O)CSc2nncn2-c2ccc(C)c(Cl)c2)c2nccn2C)cc1. The van der Waals surface area contributed by atoms with E-state index in [4.69, 9.17) is 16.3 Å². The molecule has 0 saturated carbocycles. The minimum absolute atomic E-state index is 0.152. The van der Waals surface area contributed by atoms with E-state index in [9.17, 15) is 4.79 Å². The van der Waals surface area contributed by atoms with Gasteiger partial charge in [0, 0.05) is 24.5 Å². The number of aryl methyl sites for hydroxylation is 2. The standard InChI is InChI=1S/C23H23ClN6O2S/c1-15-4-7-17(12-19(15)24)30-14-26-28-23(30)33-13-20(31)27-21(22-25-10-11-29(22)2)16-5-8-18(32-3)9-6-16/h4-12,14,21H,13H2,1-3H3,(H,27,31). The first-order valence-corrected chi connectivity index (χ1v) is 11.5. The van der Waals surface area contributed by atoms with Crippen molar-refractivity contribution in [1.29, 1.82) is 0 Å². The molecule has 2 heterocycles. The lowest BCUT2D eigenvalue weighted by atomic mass is 10.1. The summed E-state index contributed by atoms with van der Waals surface area (Å²) in [5.41, 5.74) is 2.73. The molecule has 1 amide bonds. The van der Waals surface area contributed by atoms with E-state index in [1.165, 1.54) is 11.8 Å². The van der Waals surface area contributed by atoms with Crippen LogP contribution in [0.4, 0.5) is 0 Å². The van der Waals surface area contributed by atoms with Crippen molar-refractivity contribution in [2.75, 3.05) is 12.9 Å². The number of hydrogen-bond donors (Lipinski definition) is 1. The van der Waals surface area contributed by atoms with Crippen LogP contribution in [-0.2, 0) is 11.8 Å². The second-order valence-electron chi connectivity index (χ2n) is 7.38. The molecule has 0 saturated heterocycles. The maximum Gasteiger partial charge on any atom is 0.231 e. The molecule has 4 aromatic rings. The summed E-state index contributed by atoms with van der Waals surface area (Å²) >= 11 is 7.56. The van der Waals surface area contributed by atoms with Gasteiger partial charge in [0.25, 0.3) is 0 Å². The third kappa shape index (κ3) is 5.20. The number of halogens is 1. The fourth-order valence-electron chi connectivity index (χ4n) is 3.31. The molecule has 8 nitrogen and oxygen atoms in total. The van der Waals surface area contributed by atoms with Gasteiger partial charge in [0.2, 0.25) is 5.91 Å². The smallest absolute Gasteiger partial charge is 0.231 e. The molecule has 0 radical (unpaired) electrons. The van der Waals surface area contributed by atoms with E-state index < -0.39 is 6.04 Å². The first-order chi connectivity index (χ1) is 16.0. The first kappa shape index (κ1) is 22.9. The monoisotopic (exact) mass is 482 g/mol. The number of hydrogen-bond acceptors (Lipinski definition) is 6. The van der Waals surface area contributed by atoms with Gasteiger partial charge in [0.05, 0.1) is 18.6 Å². The van der Waals surface area contributed by atoms with E-state index in [1.54, 1.807) is 19.6 Å². The summed E-state index contributed by atoms with van der Waals surface area (Å²) in [4.78, 5) is 17.4. The second-order valence-corrected chi connectivity index (χ2v) is 8.73. The summed E-state index contributed by atoms with van der Waals surface area (Å²) in [5.74, 6) is 1.49. The molecule has 0 bridgehead atoms. The quantitative estimate of drug-likeness (QED) is 0.382. The molecular formula is C23H23ClN6O2S. The predicted molar refractivity (Wildman–Crippen MR) is 128 cm³/mol. The third-order valence-corrected chi connectivity index (χ3v) is 6.50. The number of benzene rings is 2. The molecule has 2 aromatic heterocycles. The summed E-state index contributed by atoms with van der Waals surface area (Å²) < 4.78 is 8.95. The predicted octanol–water partition coefficient (Wildman–Crippen LogP) is 3.97. The molecule has 0 aliphatic carbocycles. The number of aromatic nitrogens is 5. The van der Waals surface area contributed by atoms with Crippen molar-refractivity contribution >= 4 is 29.3 Å². The number of nitrogens with zero attached hydrogens (tertiary/aromatic N) is 5. The topological polar surface area (TPSA) is 86.9 Å². The largest absolute Gasteiger partial charge is 0.497 e. The molecule has 170 valence electrons. The number of nitrogens with one attached hydrogen (secondary N) is 1. The van der Waals surface area contributed by atoms with Crippen LogP contribution in [-0.4, -0.2) is 43.1 Å². The zero-order chi connectivity index (χ0) is 23.4. The van der Waals surface area contributed by atoms with E-state index in [-0.39, 0.29) is 11.7 Å². The molecule has 4 rings (SSSR count). The molecule has 0 aliphatic heterocycles. The minimum Gasteiger partial charge on any atom is -0.497 e. The Bertz CT molecular complexity index is 1250. The number of carbonyl (C=O) groups excluding carboxylic acids is 1. The molecule has 33 heavy (non-hydrogen) atoms. The number of amides is 1. The number of ether oxygens (including phenoxy) is 1. The van der Waals surface area contributed by atoms with Gasteiger partial charge in [-0.2, -0.15) is 0 Å². The van der Waals surface area contributed by atoms with Crippen LogP contribution in [0.1, 0.15) is 23.0 Å². The van der Waals surface area contributed by atoms with Crippen LogP contribution < -0.4 is 10.1 Å². The van der Waals surface area contributed by atoms with Crippen molar-refractivity contribution in [2.24, 2.45) is 7.05 Å². The third-order valence-electron chi connectivity index (χ3n) is 5.15. The lowest BCUT2D eigenvalue weighted by Crippen LogP contribution is -2.32. The van der Waals surface area contributed by atoms with Gasteiger partial charge in [-0.05, 0) is 42.3 Å². The highest BCUT2D eigenvalue weighted by Crippen LogP contribution is 2.25. The molecule has 1 atom stereocenters. The lowest BCUT2D eigenvalue weighted by Gasteiger charge is -2.19. The van der Waals surface area contributed by atoms with E-state index in [1.807, 2.05) is 71.8 Å². The molecular weight excluding hydrogens is 460 g/mol. The van der Waals surface area contributed by atoms with Gasteiger partial charge in [-0.1, -0.05) is 41.6 Å². The van der Waals surface area contributed by atoms with Crippen LogP contribution in [0, 0.1) is 6.92 Å². The Morgan fingerprint density at radius 1 is 1.24 bits per heavy atom. The van der Waals surface area contributed by atoms with Crippen LogP contribution in [0.2, 0.25) is 5.02 Å². The molecule has 10 heteroatoms. The average molecular weight is 483 g/mol. The summed E-state index contributed by atoms with van der Waals surface area (Å²) in [6, 6.07) is 12.9. The van der Waals surface area contributed by atoms with Crippen molar-refractivity contribution in [3.63, 3.8) is 0 Å². The van der Waals surface area contributed by atoms with Crippen molar-refractivity contribution in [1.82, 2.24) is 29.6 Å². The molecule has 0 fully saturated rings. The summed E-state index contributed by atoms with van der Waals surface area (Å²) in [6.07, 6.45) is 5.17. The Morgan fingerprint density at radius 2 is 2.03 bits per heavy atom. The van der Waals surface area contributed by atoms with Crippen LogP contribution in [0.25, 0.3) is 5.69 Å². The highest BCUT2D eigenvalue weighted by molar-refractivity contribution is 7.99. The van der Waals surface area contributed by atoms with Crippen molar-refractivity contribution in [3.05, 3.63) is 83.2 Å². The van der Waals surface area contributed by atoms with Crippen molar-refractivity contribution in [3.8, 4) is 11.4 Å². The van der Waals surface area contributed by atoms with Crippen LogP contribution in [0.15, 0.2) is 66.3 Å². The highest BCUT2D eigenvalue weighted by atomic mass is 35.5. The number of methoxy groups -OCH3 is 1. The fourth-order valence-corrected chi connectivity index (χ4v) is 4.23. The normalized spacial score (nSPS) is 11.9. The molecule has 0 spiro atoms. The summed E-state index contributed by atoms with van der Waals surface area (Å²) in [5, 5.41) is 12.5. The van der Waals surface area contributed by atoms with Gasteiger partial charge >= 0.3 is 0 Å². The van der Waals surface area contributed by atoms with E-state index in [0.29, 0.717) is 10.2 Å². The Hall–Kier alpha value is -3.30. The zero-order valence-electron chi connectivity index (χ0n) is 18.4. The average Bonchev–Trinajstić information content (AvgIpc) is 3.47. The summed E-state index contributed by atoms with van der Waals surface area (Å²) in [7, 11) is 3.52. The minimum atomic E-state index is -0.405. The van der Waals surface area contributed by atoms with Gasteiger partial charge < -0.3 is 14.6 Å². The van der Waals surface area contributed by atoms with Gasteiger partial charge in [0.1, 0.15) is 23.9 Å². The molecule has 1 unspecified atom stereocenters. The van der Waals surface area contributed by atoms with Gasteiger partial charge in [-0.3, -0.25) is 9.36 Å². The van der Waals surface area contributed by atoms with Gasteiger partial charge in [0.15, 0.2) is 5.16 Å². The van der Waals surface area contributed by atoms with Crippen LogP contribution in [0.5, 0.6) is 5.75 Å². The Morgan fingerprint density at radius 3 is 2.70 bits per heavy atom. The lowest BCUT2D eigenvalue weighted by molar-refractivity contribution is -0.119. The Labute approximate surface area is 201 Å². The molecule has 2 aromatic carbocycles. The maximum atomic E-state index is 12.9. The number of carbonyl (C=O) groups is 1. The Kier molecular flexibility index (Phi) is 7.00. The van der Waals surface area contributed by atoms with Crippen LogP contribution >= 0.6 is 23.4 Å². The molecule has 0 aliphatic rings. The first-order valence-electron chi connectivity index (χ1n) is 10.2. The fraction of sp³-hybridized carbons (Fsp3) is 0.217. The Balaban J connectivity index is 1.49. The number of rotatable bonds is 8. The summed E-state index contributed by atoms with van der Waals surface area (Å²) in [6.45, 7) is 1.94. The van der Waals surface area contributed by atoms with Crippen molar-refractivity contribution in [2.45, 2.75) is 18.1 Å². The van der Waals surface area contributed by atoms with E-state index in [2.05, 4.69) is 20.5 Å². The maximum absolute atomic E-state index is 12.9. The van der Waals surface area contributed by atoms with Gasteiger partial charge in [-0.25, -0.2) is 4.98 Å². The van der Waals surface area contributed by atoms with Gasteiger partial charge in [-0.15, -0.1) is 10.2 Å². The second kappa shape index (κ2) is 10.1. The van der Waals surface area contributed by atoms with E-state index >= 15 is 0 Å². The van der Waals surface area contributed by atoms with Crippen LogP contribution in [0.3, 0.4) is 0 Å². The van der Waals surface area contributed by atoms with Crippen molar-refractivity contribution < 1.29 is 9.53 Å². The highest BCUT2D eigenvalue weighted by Gasteiger charge is 2.21. The van der Waals surface area contributed by atoms with E-state index in [0.717, 1.165) is 28.4 Å². The number of thioether (sulfide) groups is 1. The number of imidazole rings is 1.